The lowest BCUT2D eigenvalue weighted by molar-refractivity contribution is -0.137. The summed E-state index contributed by atoms with van der Waals surface area (Å²) in [6, 6.07) is 4.17. The molecule has 0 aromatic carbocycles. The van der Waals surface area contributed by atoms with Crippen LogP contribution in [0.5, 0.6) is 0 Å². The molecule has 1 aromatic heterocycles. The second-order valence-electron chi connectivity index (χ2n) is 5.30. The highest BCUT2D eigenvalue weighted by atomic mass is 16.5. The van der Waals surface area contributed by atoms with Crippen LogP contribution in [0.15, 0.2) is 18.3 Å². The van der Waals surface area contributed by atoms with Gasteiger partial charge < -0.3 is 19.5 Å². The van der Waals surface area contributed by atoms with Crippen LogP contribution < -0.4 is 5.32 Å². The Morgan fingerprint density at radius 1 is 1.42 bits per heavy atom. The maximum Gasteiger partial charge on any atom is 0.248 e. The zero-order valence-corrected chi connectivity index (χ0v) is 11.2. The molecular weight excluding hydrogens is 242 g/mol. The number of aromatic nitrogens is 1. The van der Waals surface area contributed by atoms with E-state index in [2.05, 4.69) is 28.2 Å². The second-order valence-corrected chi connectivity index (χ2v) is 5.30. The van der Waals surface area contributed by atoms with E-state index in [9.17, 15) is 4.79 Å². The van der Waals surface area contributed by atoms with Gasteiger partial charge in [-0.2, -0.15) is 0 Å². The minimum absolute atomic E-state index is 0.0696. The summed E-state index contributed by atoms with van der Waals surface area (Å²) < 4.78 is 7.99. The molecule has 0 saturated carbocycles. The van der Waals surface area contributed by atoms with E-state index in [0.29, 0.717) is 0 Å². The van der Waals surface area contributed by atoms with E-state index < -0.39 is 0 Å². The van der Waals surface area contributed by atoms with E-state index in [-0.39, 0.29) is 18.6 Å². The topological polar surface area (TPSA) is 46.5 Å². The molecule has 5 heteroatoms. The summed E-state index contributed by atoms with van der Waals surface area (Å²) in [5.74, 6) is 0.134. The third-order valence-corrected chi connectivity index (χ3v) is 3.90. The third-order valence-electron chi connectivity index (χ3n) is 3.90. The summed E-state index contributed by atoms with van der Waals surface area (Å²) in [6.45, 7) is 4.49. The Labute approximate surface area is 113 Å². The summed E-state index contributed by atoms with van der Waals surface area (Å²) in [5, 5.41) is 3.36. The molecule has 2 aliphatic heterocycles. The molecule has 1 atom stereocenters. The molecule has 1 aromatic rings. The Bertz CT molecular complexity index is 438. The van der Waals surface area contributed by atoms with Crippen molar-refractivity contribution >= 4 is 5.91 Å². The molecule has 2 aliphatic rings. The molecule has 0 aliphatic carbocycles. The van der Waals surface area contributed by atoms with Gasteiger partial charge in [0.25, 0.3) is 0 Å². The second kappa shape index (κ2) is 5.75. The highest BCUT2D eigenvalue weighted by Gasteiger charge is 2.21. The lowest BCUT2D eigenvalue weighted by Gasteiger charge is -2.19. The van der Waals surface area contributed by atoms with Crippen molar-refractivity contribution < 1.29 is 9.53 Å². The first-order valence-corrected chi connectivity index (χ1v) is 7.07. The van der Waals surface area contributed by atoms with Crippen LogP contribution in [0, 0.1) is 0 Å². The fourth-order valence-corrected chi connectivity index (χ4v) is 2.79. The van der Waals surface area contributed by atoms with E-state index in [1.807, 2.05) is 4.90 Å². The van der Waals surface area contributed by atoms with Crippen LogP contribution in [-0.4, -0.2) is 47.7 Å². The van der Waals surface area contributed by atoms with Gasteiger partial charge in [-0.25, -0.2) is 0 Å². The SMILES string of the molecule is O=C(COC1CNCc2cccn2C1)N1CCCC1. The van der Waals surface area contributed by atoms with Crippen molar-refractivity contribution in [2.45, 2.75) is 32.0 Å². The number of fused-ring (bicyclic) bond motifs is 1. The molecule has 3 rings (SSSR count). The molecule has 104 valence electrons. The molecule has 1 unspecified atom stereocenters. The van der Waals surface area contributed by atoms with E-state index in [0.717, 1.165) is 45.6 Å². The highest BCUT2D eigenvalue weighted by molar-refractivity contribution is 5.77. The largest absolute Gasteiger partial charge is 0.365 e. The quantitative estimate of drug-likeness (QED) is 0.868. The van der Waals surface area contributed by atoms with Crippen molar-refractivity contribution in [1.29, 1.82) is 0 Å². The number of likely N-dealkylation sites (tertiary alicyclic amines) is 1. The first-order valence-electron chi connectivity index (χ1n) is 7.07. The average Bonchev–Trinajstić information content (AvgIpc) is 3.05. The molecule has 1 N–H and O–H groups in total. The fraction of sp³-hybridized carbons (Fsp3) is 0.643. The van der Waals surface area contributed by atoms with E-state index in [1.165, 1.54) is 5.69 Å². The van der Waals surface area contributed by atoms with Crippen molar-refractivity contribution in [3.05, 3.63) is 24.0 Å². The summed E-state index contributed by atoms with van der Waals surface area (Å²) in [5.41, 5.74) is 1.27. The van der Waals surface area contributed by atoms with Crippen LogP contribution in [-0.2, 0) is 22.6 Å². The molecule has 1 fully saturated rings. The number of hydrogen-bond donors (Lipinski definition) is 1. The molecular formula is C14H21N3O2. The first-order chi connectivity index (χ1) is 9.33. The van der Waals surface area contributed by atoms with Gasteiger partial charge in [-0.3, -0.25) is 4.79 Å². The zero-order chi connectivity index (χ0) is 13.1. The Balaban J connectivity index is 1.51. The van der Waals surface area contributed by atoms with Gasteiger partial charge in [-0.05, 0) is 25.0 Å². The van der Waals surface area contributed by atoms with Gasteiger partial charge in [-0.1, -0.05) is 0 Å². The van der Waals surface area contributed by atoms with Crippen molar-refractivity contribution in [1.82, 2.24) is 14.8 Å². The maximum atomic E-state index is 11.9. The average molecular weight is 263 g/mol. The Hall–Kier alpha value is -1.33. The fourth-order valence-electron chi connectivity index (χ4n) is 2.79. The van der Waals surface area contributed by atoms with Gasteiger partial charge in [0.15, 0.2) is 0 Å². The van der Waals surface area contributed by atoms with Crippen molar-refractivity contribution in [3.8, 4) is 0 Å². The minimum Gasteiger partial charge on any atom is -0.365 e. The predicted molar refractivity (Wildman–Crippen MR) is 71.7 cm³/mol. The van der Waals surface area contributed by atoms with Gasteiger partial charge in [0.2, 0.25) is 5.91 Å². The number of amides is 1. The van der Waals surface area contributed by atoms with Gasteiger partial charge in [0, 0.05) is 44.6 Å². The highest BCUT2D eigenvalue weighted by Crippen LogP contribution is 2.11. The number of nitrogens with zero attached hydrogens (tertiary/aromatic N) is 2. The first kappa shape index (κ1) is 12.7. The molecule has 1 saturated heterocycles. The van der Waals surface area contributed by atoms with Crippen LogP contribution in [0.25, 0.3) is 0 Å². The lowest BCUT2D eigenvalue weighted by Crippen LogP contribution is -2.36. The summed E-state index contributed by atoms with van der Waals surface area (Å²) in [4.78, 5) is 13.9. The normalized spacial score (nSPS) is 23.2. The van der Waals surface area contributed by atoms with Crippen molar-refractivity contribution in [3.63, 3.8) is 0 Å². The van der Waals surface area contributed by atoms with Crippen LogP contribution >= 0.6 is 0 Å². The minimum atomic E-state index is 0.0696. The van der Waals surface area contributed by atoms with Crippen molar-refractivity contribution in [2.75, 3.05) is 26.2 Å². The van der Waals surface area contributed by atoms with Gasteiger partial charge in [0.05, 0.1) is 6.10 Å². The van der Waals surface area contributed by atoms with Crippen LogP contribution in [0.3, 0.4) is 0 Å². The number of carbonyl (C=O) groups is 1. The zero-order valence-electron chi connectivity index (χ0n) is 11.2. The van der Waals surface area contributed by atoms with E-state index in [4.69, 9.17) is 4.74 Å². The Morgan fingerprint density at radius 2 is 2.26 bits per heavy atom. The van der Waals surface area contributed by atoms with Crippen LogP contribution in [0.4, 0.5) is 0 Å². The van der Waals surface area contributed by atoms with Gasteiger partial charge in [0.1, 0.15) is 6.61 Å². The molecule has 5 nitrogen and oxygen atoms in total. The van der Waals surface area contributed by atoms with Gasteiger partial charge in [-0.15, -0.1) is 0 Å². The van der Waals surface area contributed by atoms with Crippen LogP contribution in [0.2, 0.25) is 0 Å². The lowest BCUT2D eigenvalue weighted by atomic mass is 10.3. The molecule has 1 amide bonds. The van der Waals surface area contributed by atoms with Gasteiger partial charge >= 0.3 is 0 Å². The standard InChI is InChI=1S/C14H21N3O2/c18-14(16-5-1-2-6-16)11-19-13-9-15-8-12-4-3-7-17(12)10-13/h3-4,7,13,15H,1-2,5-6,8-11H2. The number of carbonyl (C=O) groups excluding carboxylic acids is 1. The number of hydrogen-bond acceptors (Lipinski definition) is 3. The molecule has 0 radical (unpaired) electrons. The number of rotatable bonds is 3. The third kappa shape index (κ3) is 2.98. The van der Waals surface area contributed by atoms with E-state index >= 15 is 0 Å². The van der Waals surface area contributed by atoms with Crippen molar-refractivity contribution in [2.24, 2.45) is 0 Å². The summed E-state index contributed by atoms with van der Waals surface area (Å²) in [7, 11) is 0. The molecule has 0 spiro atoms. The molecule has 0 bridgehead atoms. The smallest absolute Gasteiger partial charge is 0.248 e. The molecule has 19 heavy (non-hydrogen) atoms. The summed E-state index contributed by atoms with van der Waals surface area (Å²) in [6.07, 6.45) is 4.40. The maximum absolute atomic E-state index is 11.9. The van der Waals surface area contributed by atoms with Crippen LogP contribution in [0.1, 0.15) is 18.5 Å². The number of ether oxygens (including phenoxy) is 1. The summed E-state index contributed by atoms with van der Waals surface area (Å²) >= 11 is 0. The monoisotopic (exact) mass is 263 g/mol. The molecule has 3 heterocycles. The number of nitrogens with one attached hydrogen (secondary N) is 1. The van der Waals surface area contributed by atoms with E-state index in [1.54, 1.807) is 0 Å². The Morgan fingerprint density at radius 3 is 3.11 bits per heavy atom. The predicted octanol–water partition coefficient (Wildman–Crippen LogP) is 0.599. The Kier molecular flexibility index (Phi) is 3.84.